The number of aromatic amines is 1. The quantitative estimate of drug-likeness (QED) is 0.674. The van der Waals surface area contributed by atoms with E-state index >= 15 is 0 Å². The molecule has 150 valence electrons. The average Bonchev–Trinajstić information content (AvgIpc) is 2.99. The summed E-state index contributed by atoms with van der Waals surface area (Å²) >= 11 is 0. The Balaban J connectivity index is 1.95. The molecule has 3 aromatic rings. The monoisotopic (exact) mass is 391 g/mol. The Morgan fingerprint density at radius 2 is 1.79 bits per heavy atom. The Bertz CT molecular complexity index is 1110. The van der Waals surface area contributed by atoms with E-state index in [1.54, 1.807) is 26.8 Å². The number of aryl methyl sites for hydroxylation is 2. The molecule has 0 radical (unpaired) electrons. The molecule has 0 saturated heterocycles. The van der Waals surface area contributed by atoms with Crippen molar-refractivity contribution in [3.8, 4) is 0 Å². The van der Waals surface area contributed by atoms with Gasteiger partial charge in [-0.3, -0.25) is 4.79 Å². The smallest absolute Gasteiger partial charge is 0.340 e. The number of aromatic nitrogens is 2. The molecule has 0 saturated carbocycles. The number of hydrogen-bond acceptors (Lipinski definition) is 3. The normalized spacial score (nSPS) is 11.5. The zero-order valence-electron chi connectivity index (χ0n) is 17.2. The number of benzene rings is 1. The van der Waals surface area contributed by atoms with Crippen molar-refractivity contribution in [1.29, 1.82) is 0 Å². The standard InChI is InChI=1S/C23H25N3O3/c1-5-29-23(28)20-16(3)21(24-17(20)4)22(27)25-19-8-6-7-13-26(19)14-18-11-9-15(2)10-12-18/h6-13,24H,5,14H2,1-4H3. The van der Waals surface area contributed by atoms with Crippen LogP contribution in [0.3, 0.4) is 0 Å². The van der Waals surface area contributed by atoms with E-state index in [1.165, 1.54) is 5.56 Å². The molecule has 0 atom stereocenters. The van der Waals surface area contributed by atoms with Gasteiger partial charge in [0.05, 0.1) is 12.2 Å². The highest BCUT2D eigenvalue weighted by atomic mass is 16.5. The van der Waals surface area contributed by atoms with Crippen LogP contribution < -0.4 is 5.49 Å². The third-order valence-corrected chi connectivity index (χ3v) is 4.74. The van der Waals surface area contributed by atoms with Crippen molar-refractivity contribution < 1.29 is 14.3 Å². The van der Waals surface area contributed by atoms with Crippen molar-refractivity contribution in [3.05, 3.63) is 87.8 Å². The molecule has 0 unspecified atom stereocenters. The van der Waals surface area contributed by atoms with Gasteiger partial charge in [0.1, 0.15) is 11.2 Å². The largest absolute Gasteiger partial charge is 0.462 e. The fraction of sp³-hybridized carbons (Fsp3) is 0.261. The summed E-state index contributed by atoms with van der Waals surface area (Å²) in [4.78, 5) is 32.3. The predicted octanol–water partition coefficient (Wildman–Crippen LogP) is 3.71. The number of H-pyrrole nitrogens is 1. The van der Waals surface area contributed by atoms with Crippen molar-refractivity contribution in [3.63, 3.8) is 0 Å². The van der Waals surface area contributed by atoms with E-state index in [0.29, 0.717) is 34.5 Å². The zero-order valence-corrected chi connectivity index (χ0v) is 17.2. The molecule has 6 nitrogen and oxygen atoms in total. The second-order valence-corrected chi connectivity index (χ2v) is 6.93. The Kier molecular flexibility index (Phi) is 6.12. The van der Waals surface area contributed by atoms with Gasteiger partial charge in [-0.25, -0.2) is 4.79 Å². The van der Waals surface area contributed by atoms with Crippen LogP contribution in [0.25, 0.3) is 0 Å². The van der Waals surface area contributed by atoms with Crippen LogP contribution in [0.2, 0.25) is 0 Å². The number of rotatable bonds is 5. The predicted molar refractivity (Wildman–Crippen MR) is 111 cm³/mol. The lowest BCUT2D eigenvalue weighted by molar-refractivity contribution is 0.0525. The number of hydrogen-bond donors (Lipinski definition) is 1. The fourth-order valence-electron chi connectivity index (χ4n) is 3.23. The van der Waals surface area contributed by atoms with Crippen LogP contribution in [0.4, 0.5) is 0 Å². The third kappa shape index (κ3) is 4.54. The molecule has 0 aliphatic carbocycles. The first-order valence-corrected chi connectivity index (χ1v) is 9.57. The van der Waals surface area contributed by atoms with Crippen molar-refractivity contribution in [2.24, 2.45) is 4.99 Å². The Labute approximate surface area is 169 Å². The summed E-state index contributed by atoms with van der Waals surface area (Å²) in [7, 11) is 0. The SMILES string of the molecule is CCOC(=O)c1c(C)[nH]c(C(=O)N=c2ccccn2Cc2ccc(C)cc2)c1C. The van der Waals surface area contributed by atoms with Gasteiger partial charge in [0.2, 0.25) is 0 Å². The van der Waals surface area contributed by atoms with Crippen LogP contribution in [0.1, 0.15) is 50.2 Å². The topological polar surface area (TPSA) is 76.5 Å². The lowest BCUT2D eigenvalue weighted by Crippen LogP contribution is -2.22. The van der Waals surface area contributed by atoms with Crippen LogP contribution >= 0.6 is 0 Å². The van der Waals surface area contributed by atoms with Gasteiger partial charge in [-0.05, 0) is 51.0 Å². The van der Waals surface area contributed by atoms with Gasteiger partial charge in [-0.1, -0.05) is 35.9 Å². The molecule has 0 aliphatic heterocycles. The van der Waals surface area contributed by atoms with Crippen LogP contribution in [-0.4, -0.2) is 28.0 Å². The molecular formula is C23H25N3O3. The van der Waals surface area contributed by atoms with E-state index in [-0.39, 0.29) is 6.61 Å². The van der Waals surface area contributed by atoms with Gasteiger partial charge in [-0.2, -0.15) is 4.99 Å². The molecule has 1 N–H and O–H groups in total. The molecular weight excluding hydrogens is 366 g/mol. The van der Waals surface area contributed by atoms with E-state index in [4.69, 9.17) is 4.74 Å². The number of carbonyl (C=O) groups is 2. The molecule has 0 fully saturated rings. The first-order chi connectivity index (χ1) is 13.9. The summed E-state index contributed by atoms with van der Waals surface area (Å²) in [6.07, 6.45) is 1.89. The van der Waals surface area contributed by atoms with Gasteiger partial charge < -0.3 is 14.3 Å². The number of nitrogens with zero attached hydrogens (tertiary/aromatic N) is 2. The number of ether oxygens (including phenoxy) is 1. The molecule has 0 bridgehead atoms. The van der Waals surface area contributed by atoms with Crippen molar-refractivity contribution in [2.45, 2.75) is 34.2 Å². The first-order valence-electron chi connectivity index (χ1n) is 9.57. The fourth-order valence-corrected chi connectivity index (χ4v) is 3.23. The van der Waals surface area contributed by atoms with Gasteiger partial charge in [0.15, 0.2) is 0 Å². The maximum atomic E-state index is 12.9. The van der Waals surface area contributed by atoms with Crippen LogP contribution in [0, 0.1) is 20.8 Å². The second kappa shape index (κ2) is 8.73. The van der Waals surface area contributed by atoms with E-state index in [1.807, 2.05) is 29.8 Å². The Morgan fingerprint density at radius 1 is 1.07 bits per heavy atom. The molecule has 1 aromatic carbocycles. The summed E-state index contributed by atoms with van der Waals surface area (Å²) in [6.45, 7) is 8.15. The van der Waals surface area contributed by atoms with Gasteiger partial charge in [0, 0.05) is 18.4 Å². The number of amides is 1. The molecule has 1 amide bonds. The maximum Gasteiger partial charge on any atom is 0.340 e. The van der Waals surface area contributed by atoms with Crippen LogP contribution in [0.5, 0.6) is 0 Å². The van der Waals surface area contributed by atoms with Gasteiger partial charge in [0.25, 0.3) is 5.91 Å². The first kappa shape index (κ1) is 20.3. The number of nitrogens with one attached hydrogen (secondary N) is 1. The van der Waals surface area contributed by atoms with E-state index in [0.717, 1.165) is 5.56 Å². The molecule has 6 heteroatoms. The molecule has 29 heavy (non-hydrogen) atoms. The second-order valence-electron chi connectivity index (χ2n) is 6.93. The summed E-state index contributed by atoms with van der Waals surface area (Å²) in [5, 5.41) is 0. The summed E-state index contributed by atoms with van der Waals surface area (Å²) in [5.41, 5.74) is 4.70. The number of pyridine rings is 1. The van der Waals surface area contributed by atoms with E-state index in [9.17, 15) is 9.59 Å². The summed E-state index contributed by atoms with van der Waals surface area (Å²) in [5.74, 6) is -0.864. The highest BCUT2D eigenvalue weighted by Crippen LogP contribution is 2.19. The maximum absolute atomic E-state index is 12.9. The zero-order chi connectivity index (χ0) is 21.0. The van der Waals surface area contributed by atoms with Crippen LogP contribution in [0.15, 0.2) is 53.7 Å². The van der Waals surface area contributed by atoms with Crippen LogP contribution in [-0.2, 0) is 11.3 Å². The number of carbonyl (C=O) groups excluding carboxylic acids is 2. The molecule has 0 aliphatic rings. The Hall–Kier alpha value is -3.41. The lowest BCUT2D eigenvalue weighted by Gasteiger charge is -2.08. The lowest BCUT2D eigenvalue weighted by atomic mass is 10.1. The summed E-state index contributed by atoms with van der Waals surface area (Å²) < 4.78 is 7.01. The minimum absolute atomic E-state index is 0.277. The highest BCUT2D eigenvalue weighted by molar-refractivity contribution is 6.00. The highest BCUT2D eigenvalue weighted by Gasteiger charge is 2.22. The van der Waals surface area contributed by atoms with Gasteiger partial charge >= 0.3 is 5.97 Å². The van der Waals surface area contributed by atoms with Crippen molar-refractivity contribution >= 4 is 11.9 Å². The van der Waals surface area contributed by atoms with E-state index in [2.05, 4.69) is 34.2 Å². The summed E-state index contributed by atoms with van der Waals surface area (Å²) in [6, 6.07) is 13.8. The van der Waals surface area contributed by atoms with Crippen molar-refractivity contribution in [1.82, 2.24) is 9.55 Å². The van der Waals surface area contributed by atoms with Crippen molar-refractivity contribution in [2.75, 3.05) is 6.61 Å². The van der Waals surface area contributed by atoms with E-state index < -0.39 is 11.9 Å². The minimum atomic E-state index is -0.438. The number of esters is 1. The third-order valence-electron chi connectivity index (χ3n) is 4.74. The minimum Gasteiger partial charge on any atom is -0.462 e. The molecule has 0 spiro atoms. The van der Waals surface area contributed by atoms with Gasteiger partial charge in [-0.15, -0.1) is 0 Å². The molecule has 2 heterocycles. The average molecular weight is 391 g/mol. The Morgan fingerprint density at radius 3 is 2.48 bits per heavy atom. The molecule has 2 aromatic heterocycles. The molecule has 3 rings (SSSR count).